The minimum absolute atomic E-state index is 0.0300. The first-order chi connectivity index (χ1) is 13.7. The van der Waals surface area contributed by atoms with Crippen molar-refractivity contribution in [1.29, 1.82) is 0 Å². The quantitative estimate of drug-likeness (QED) is 0.267. The number of aryl methyl sites for hydroxylation is 2. The summed E-state index contributed by atoms with van der Waals surface area (Å²) < 4.78 is 2.12. The van der Waals surface area contributed by atoms with Gasteiger partial charge >= 0.3 is 11.4 Å². The zero-order chi connectivity index (χ0) is 21.0. The van der Waals surface area contributed by atoms with Crippen LogP contribution in [0.1, 0.15) is 0 Å². The molecule has 4 rings (SSSR count). The summed E-state index contributed by atoms with van der Waals surface area (Å²) in [6.45, 7) is 0. The van der Waals surface area contributed by atoms with Gasteiger partial charge in [0.05, 0.1) is 15.7 Å². The fourth-order valence-corrected chi connectivity index (χ4v) is 3.22. The van der Waals surface area contributed by atoms with Crippen molar-refractivity contribution in [1.82, 2.24) is 24.1 Å². The summed E-state index contributed by atoms with van der Waals surface area (Å²) in [7, 11) is 2.73. The van der Waals surface area contributed by atoms with Crippen LogP contribution in [0.15, 0.2) is 43.4 Å². The first-order valence-corrected chi connectivity index (χ1v) is 8.21. The number of nitro benzene ring substituents is 1. The molecule has 1 aromatic carbocycles. The second-order valence-corrected chi connectivity index (χ2v) is 6.33. The molecule has 0 fully saturated rings. The minimum Gasteiger partial charge on any atom is -0.281 e. The summed E-state index contributed by atoms with van der Waals surface area (Å²) in [5.74, 6) is 0. The van der Waals surface area contributed by atoms with E-state index >= 15 is 0 Å². The Labute approximate surface area is 158 Å². The Bertz CT molecular complexity index is 1500. The molecule has 0 atom stereocenters. The van der Waals surface area contributed by atoms with Crippen molar-refractivity contribution < 1.29 is 4.92 Å². The summed E-state index contributed by atoms with van der Waals surface area (Å²) in [4.78, 5) is 68.5. The van der Waals surface area contributed by atoms with E-state index in [1.54, 1.807) is 0 Å². The molecule has 4 aromatic rings. The molecular formula is C17H12N6O6. The maximum absolute atomic E-state index is 12.6. The lowest BCUT2D eigenvalue weighted by molar-refractivity contribution is -0.384. The lowest BCUT2D eigenvalue weighted by atomic mass is 9.99. The highest BCUT2D eigenvalue weighted by atomic mass is 16.6. The van der Waals surface area contributed by atoms with Gasteiger partial charge in [-0.15, -0.1) is 0 Å². The number of aromatic nitrogens is 5. The van der Waals surface area contributed by atoms with E-state index in [2.05, 4.69) is 15.0 Å². The predicted octanol–water partition coefficient (Wildman–Crippen LogP) is -0.263. The molecule has 0 saturated carbocycles. The van der Waals surface area contributed by atoms with Crippen LogP contribution < -0.4 is 22.5 Å². The number of pyridine rings is 1. The van der Waals surface area contributed by atoms with Crippen molar-refractivity contribution in [2.75, 3.05) is 0 Å². The number of rotatable bonds is 2. The van der Waals surface area contributed by atoms with Gasteiger partial charge in [-0.2, -0.15) is 0 Å². The van der Waals surface area contributed by atoms with Gasteiger partial charge in [0.25, 0.3) is 16.8 Å². The standard InChI is InChI=1S/C17H12N6O6/c1-21-12-10(14(24)19-16(21)26)9(7-4-3-5-8(6-7)23(28)29)11-13(18-12)22(2)17(27)20-15(11)25/h3-6H,1-2H3,(H,19,24,26)(H,20,25,27). The number of non-ortho nitro benzene ring substituents is 1. The summed E-state index contributed by atoms with van der Waals surface area (Å²) in [6, 6.07) is 5.34. The van der Waals surface area contributed by atoms with Gasteiger partial charge in [-0.25, -0.2) is 14.6 Å². The molecule has 0 saturated heterocycles. The van der Waals surface area contributed by atoms with Crippen LogP contribution >= 0.6 is 0 Å². The van der Waals surface area contributed by atoms with E-state index in [0.717, 1.165) is 9.13 Å². The Hall–Kier alpha value is -4.35. The third-order valence-electron chi connectivity index (χ3n) is 4.64. The average molecular weight is 396 g/mol. The molecule has 12 heteroatoms. The van der Waals surface area contributed by atoms with Crippen LogP contribution in [0.4, 0.5) is 5.69 Å². The first-order valence-electron chi connectivity index (χ1n) is 8.21. The van der Waals surface area contributed by atoms with Gasteiger partial charge in [-0.05, 0) is 5.56 Å². The van der Waals surface area contributed by atoms with E-state index in [-0.39, 0.29) is 38.9 Å². The average Bonchev–Trinajstić information content (AvgIpc) is 2.69. The number of aromatic amines is 2. The predicted molar refractivity (Wildman–Crippen MR) is 103 cm³/mol. The summed E-state index contributed by atoms with van der Waals surface area (Å²) in [6.07, 6.45) is 0. The van der Waals surface area contributed by atoms with E-state index in [9.17, 15) is 29.3 Å². The largest absolute Gasteiger partial charge is 0.329 e. The zero-order valence-corrected chi connectivity index (χ0v) is 15.0. The van der Waals surface area contributed by atoms with Gasteiger partial charge in [0.15, 0.2) is 11.3 Å². The monoisotopic (exact) mass is 396 g/mol. The smallest absolute Gasteiger partial charge is 0.281 e. The van der Waals surface area contributed by atoms with Gasteiger partial charge in [0.2, 0.25) is 0 Å². The maximum Gasteiger partial charge on any atom is 0.329 e. The number of nitrogens with one attached hydrogen (secondary N) is 2. The van der Waals surface area contributed by atoms with Gasteiger partial charge in [0.1, 0.15) is 0 Å². The van der Waals surface area contributed by atoms with E-state index in [1.165, 1.54) is 38.4 Å². The molecule has 0 bridgehead atoms. The van der Waals surface area contributed by atoms with E-state index in [1.807, 2.05) is 0 Å². The maximum atomic E-state index is 12.6. The molecule has 146 valence electrons. The molecule has 0 amide bonds. The molecule has 0 unspecified atom stereocenters. The molecule has 0 aliphatic carbocycles. The first kappa shape index (κ1) is 18.0. The Morgan fingerprint density at radius 3 is 1.93 bits per heavy atom. The molecule has 0 aliphatic heterocycles. The number of nitro groups is 1. The van der Waals surface area contributed by atoms with E-state index in [0.29, 0.717) is 0 Å². The molecule has 12 nitrogen and oxygen atoms in total. The number of nitrogens with zero attached hydrogens (tertiary/aromatic N) is 4. The van der Waals surface area contributed by atoms with Crippen LogP contribution in [0.2, 0.25) is 0 Å². The highest BCUT2D eigenvalue weighted by Crippen LogP contribution is 2.32. The van der Waals surface area contributed by atoms with Crippen LogP contribution in [-0.2, 0) is 14.1 Å². The third kappa shape index (κ3) is 2.57. The van der Waals surface area contributed by atoms with E-state index in [4.69, 9.17) is 0 Å². The van der Waals surface area contributed by atoms with Gasteiger partial charge < -0.3 is 0 Å². The van der Waals surface area contributed by atoms with Gasteiger partial charge in [-0.1, -0.05) is 12.1 Å². The number of hydrogen-bond donors (Lipinski definition) is 2. The Kier molecular flexibility index (Phi) is 3.78. The Morgan fingerprint density at radius 2 is 1.45 bits per heavy atom. The van der Waals surface area contributed by atoms with Crippen LogP contribution in [0.25, 0.3) is 33.2 Å². The van der Waals surface area contributed by atoms with Crippen molar-refractivity contribution in [3.05, 3.63) is 76.1 Å². The fraction of sp³-hybridized carbons (Fsp3) is 0.118. The van der Waals surface area contributed by atoms with Crippen molar-refractivity contribution in [2.45, 2.75) is 0 Å². The lowest BCUT2D eigenvalue weighted by Crippen LogP contribution is -2.32. The second-order valence-electron chi connectivity index (χ2n) is 6.33. The van der Waals surface area contributed by atoms with Crippen molar-refractivity contribution in [2.24, 2.45) is 14.1 Å². The highest BCUT2D eigenvalue weighted by molar-refractivity contribution is 6.07. The van der Waals surface area contributed by atoms with Crippen LogP contribution in [0, 0.1) is 10.1 Å². The Morgan fingerprint density at radius 1 is 0.931 bits per heavy atom. The molecule has 29 heavy (non-hydrogen) atoms. The normalized spacial score (nSPS) is 11.2. The van der Waals surface area contributed by atoms with Crippen LogP contribution in [0.3, 0.4) is 0 Å². The number of benzene rings is 1. The van der Waals surface area contributed by atoms with E-state index < -0.39 is 27.4 Å². The van der Waals surface area contributed by atoms with Gasteiger partial charge in [0, 0.05) is 31.8 Å². The number of hydrogen-bond acceptors (Lipinski definition) is 7. The summed E-state index contributed by atoms with van der Waals surface area (Å²) >= 11 is 0. The Balaban J connectivity index is 2.40. The molecular weight excluding hydrogens is 384 g/mol. The van der Waals surface area contributed by atoms with Crippen molar-refractivity contribution in [3.8, 4) is 11.1 Å². The van der Waals surface area contributed by atoms with Crippen molar-refractivity contribution >= 4 is 27.8 Å². The van der Waals surface area contributed by atoms with Crippen LogP contribution in [-0.4, -0.2) is 29.0 Å². The third-order valence-corrected chi connectivity index (χ3v) is 4.64. The van der Waals surface area contributed by atoms with Gasteiger partial charge in [-0.3, -0.25) is 38.8 Å². The molecule has 3 heterocycles. The summed E-state index contributed by atoms with van der Waals surface area (Å²) in [5.41, 5.74) is -3.31. The summed E-state index contributed by atoms with van der Waals surface area (Å²) in [5, 5.41) is 11.0. The molecule has 3 aromatic heterocycles. The highest BCUT2D eigenvalue weighted by Gasteiger charge is 2.22. The SMILES string of the molecule is Cn1c(=O)[nH]c(=O)c2c(-c3cccc([N+](=O)[O-])c3)c3c(=O)[nH]c(=O)n(C)c3nc21. The van der Waals surface area contributed by atoms with Crippen molar-refractivity contribution in [3.63, 3.8) is 0 Å². The topological polar surface area (TPSA) is 166 Å². The lowest BCUT2D eigenvalue weighted by Gasteiger charge is -2.13. The fourth-order valence-electron chi connectivity index (χ4n) is 3.22. The molecule has 0 aliphatic rings. The molecule has 2 N–H and O–H groups in total. The number of fused-ring (bicyclic) bond motifs is 2. The minimum atomic E-state index is -0.813. The van der Waals surface area contributed by atoms with Crippen LogP contribution in [0.5, 0.6) is 0 Å². The zero-order valence-electron chi connectivity index (χ0n) is 15.0. The molecule has 0 spiro atoms. The number of H-pyrrole nitrogens is 2. The molecule has 0 radical (unpaired) electrons. The second kappa shape index (κ2) is 6.09.